The summed E-state index contributed by atoms with van der Waals surface area (Å²) in [4.78, 5) is 16.0. The number of nitrogen functional groups attached to an aromatic ring is 1. The number of amides is 1. The quantitative estimate of drug-likeness (QED) is 0.873. The third-order valence-electron chi connectivity index (χ3n) is 2.60. The predicted octanol–water partition coefficient (Wildman–Crippen LogP) is 1.38. The highest BCUT2D eigenvalue weighted by molar-refractivity contribution is 7.84. The fourth-order valence-electron chi connectivity index (χ4n) is 1.61. The Morgan fingerprint density at radius 3 is 3.05 bits per heavy atom. The predicted molar refractivity (Wildman–Crippen MR) is 79.9 cm³/mol. The van der Waals surface area contributed by atoms with Gasteiger partial charge in [0.25, 0.3) is 5.91 Å². The molecule has 7 heteroatoms. The van der Waals surface area contributed by atoms with Crippen LogP contribution in [0.1, 0.15) is 17.3 Å². The van der Waals surface area contributed by atoms with Crippen molar-refractivity contribution < 1.29 is 9.00 Å². The van der Waals surface area contributed by atoms with Crippen LogP contribution in [-0.2, 0) is 10.8 Å². The maximum atomic E-state index is 11.9. The van der Waals surface area contributed by atoms with Crippen molar-refractivity contribution in [1.82, 2.24) is 10.3 Å². The average molecular weight is 297 g/mol. The number of anilines is 1. The fourth-order valence-corrected chi connectivity index (χ4v) is 3.00. The van der Waals surface area contributed by atoms with Crippen LogP contribution in [0.4, 0.5) is 5.13 Å². The molecule has 3 N–H and O–H groups in total. The number of hydrogen-bond acceptors (Lipinski definition) is 5. The van der Waals surface area contributed by atoms with Gasteiger partial charge in [-0.25, -0.2) is 4.98 Å². The molecule has 0 bridgehead atoms. The summed E-state index contributed by atoms with van der Waals surface area (Å²) >= 11 is 1.35. The summed E-state index contributed by atoms with van der Waals surface area (Å²) < 4.78 is 12.1. The Morgan fingerprint density at radius 2 is 2.32 bits per heavy atom. The average Bonchev–Trinajstić information content (AvgIpc) is 2.77. The molecular formula is C12H15N3O2S2. The van der Waals surface area contributed by atoms with Gasteiger partial charge in [-0.05, 0) is 18.2 Å². The number of carbonyl (C=O) groups is 1. The van der Waals surface area contributed by atoms with E-state index in [1.807, 2.05) is 6.92 Å². The Labute approximate surface area is 117 Å². The van der Waals surface area contributed by atoms with Crippen LogP contribution >= 0.6 is 11.3 Å². The zero-order chi connectivity index (χ0) is 13.8. The SMILES string of the molecule is CCS(=O)CCNC(=O)c1ccc2nc(N)sc2c1. The van der Waals surface area contributed by atoms with E-state index in [0.29, 0.717) is 28.7 Å². The van der Waals surface area contributed by atoms with Gasteiger partial charge in [0.2, 0.25) is 0 Å². The molecule has 1 unspecified atom stereocenters. The van der Waals surface area contributed by atoms with Gasteiger partial charge in [-0.3, -0.25) is 9.00 Å². The van der Waals surface area contributed by atoms with Crippen LogP contribution in [0.2, 0.25) is 0 Å². The van der Waals surface area contributed by atoms with Crippen molar-refractivity contribution in [2.75, 3.05) is 23.8 Å². The van der Waals surface area contributed by atoms with Crippen molar-refractivity contribution in [3.63, 3.8) is 0 Å². The van der Waals surface area contributed by atoms with Crippen molar-refractivity contribution in [3.8, 4) is 0 Å². The van der Waals surface area contributed by atoms with Crippen LogP contribution in [0.15, 0.2) is 18.2 Å². The van der Waals surface area contributed by atoms with Crippen LogP contribution in [0.3, 0.4) is 0 Å². The molecule has 0 aliphatic carbocycles. The summed E-state index contributed by atoms with van der Waals surface area (Å²) in [5.74, 6) is 0.932. The second-order valence-electron chi connectivity index (χ2n) is 3.92. The Balaban J connectivity index is 2.02. The number of fused-ring (bicyclic) bond motifs is 1. The standard InChI is InChI=1S/C12H15N3O2S2/c1-2-19(17)6-5-14-11(16)8-3-4-9-10(7-8)18-12(13)15-9/h3-4,7H,2,5-6H2,1H3,(H2,13,15)(H,14,16). The Hall–Kier alpha value is -1.47. The number of benzene rings is 1. The molecule has 1 heterocycles. The van der Waals surface area contributed by atoms with E-state index in [4.69, 9.17) is 5.73 Å². The lowest BCUT2D eigenvalue weighted by atomic mass is 10.2. The van der Waals surface area contributed by atoms with Crippen LogP contribution in [0.25, 0.3) is 10.2 Å². The van der Waals surface area contributed by atoms with E-state index in [1.165, 1.54) is 11.3 Å². The Morgan fingerprint density at radius 1 is 1.53 bits per heavy atom. The molecule has 0 aliphatic heterocycles. The minimum Gasteiger partial charge on any atom is -0.375 e. The third-order valence-corrected chi connectivity index (χ3v) is 4.76. The minimum atomic E-state index is -0.858. The summed E-state index contributed by atoms with van der Waals surface area (Å²) in [5, 5.41) is 3.25. The van der Waals surface area contributed by atoms with E-state index in [2.05, 4.69) is 10.3 Å². The molecule has 1 amide bonds. The van der Waals surface area contributed by atoms with Crippen LogP contribution < -0.4 is 11.1 Å². The molecule has 102 valence electrons. The van der Waals surface area contributed by atoms with Crippen molar-refractivity contribution in [3.05, 3.63) is 23.8 Å². The summed E-state index contributed by atoms with van der Waals surface area (Å²) in [6.45, 7) is 2.28. The molecule has 5 nitrogen and oxygen atoms in total. The van der Waals surface area contributed by atoms with Crippen molar-refractivity contribution >= 4 is 43.4 Å². The van der Waals surface area contributed by atoms with Gasteiger partial charge in [0.15, 0.2) is 5.13 Å². The van der Waals surface area contributed by atoms with E-state index >= 15 is 0 Å². The highest BCUT2D eigenvalue weighted by Gasteiger charge is 2.08. The second kappa shape index (κ2) is 6.12. The van der Waals surface area contributed by atoms with Gasteiger partial charge < -0.3 is 11.1 Å². The summed E-state index contributed by atoms with van der Waals surface area (Å²) in [5.41, 5.74) is 6.98. The first-order valence-electron chi connectivity index (χ1n) is 5.89. The van der Waals surface area contributed by atoms with Crippen molar-refractivity contribution in [2.24, 2.45) is 0 Å². The van der Waals surface area contributed by atoms with E-state index in [0.717, 1.165) is 10.2 Å². The van der Waals surface area contributed by atoms with Crippen molar-refractivity contribution in [2.45, 2.75) is 6.92 Å². The van der Waals surface area contributed by atoms with Gasteiger partial charge in [-0.2, -0.15) is 0 Å². The first-order valence-corrected chi connectivity index (χ1v) is 8.20. The molecule has 0 spiro atoms. The Bertz CT molecular complexity index is 624. The zero-order valence-electron chi connectivity index (χ0n) is 10.5. The van der Waals surface area contributed by atoms with E-state index in [-0.39, 0.29) is 5.91 Å². The van der Waals surface area contributed by atoms with Crippen molar-refractivity contribution in [1.29, 1.82) is 0 Å². The maximum absolute atomic E-state index is 11.9. The first-order chi connectivity index (χ1) is 9.10. The molecule has 0 aliphatic rings. The third kappa shape index (κ3) is 3.51. The van der Waals surface area contributed by atoms with Gasteiger partial charge >= 0.3 is 0 Å². The molecule has 19 heavy (non-hydrogen) atoms. The van der Waals surface area contributed by atoms with Crippen LogP contribution in [-0.4, -0.2) is 33.2 Å². The topological polar surface area (TPSA) is 85.1 Å². The molecule has 2 aromatic rings. The molecule has 0 saturated carbocycles. The highest BCUT2D eigenvalue weighted by atomic mass is 32.2. The molecule has 0 radical (unpaired) electrons. The maximum Gasteiger partial charge on any atom is 0.251 e. The van der Waals surface area contributed by atoms with Crippen LogP contribution in [0.5, 0.6) is 0 Å². The van der Waals surface area contributed by atoms with Gasteiger partial charge in [-0.1, -0.05) is 18.3 Å². The number of aromatic nitrogens is 1. The van der Waals surface area contributed by atoms with E-state index < -0.39 is 10.8 Å². The second-order valence-corrected chi connectivity index (χ2v) is 6.85. The number of nitrogens with zero attached hydrogens (tertiary/aromatic N) is 1. The molecule has 0 saturated heterocycles. The molecular weight excluding hydrogens is 282 g/mol. The summed E-state index contributed by atoms with van der Waals surface area (Å²) in [7, 11) is -0.858. The van der Waals surface area contributed by atoms with Gasteiger partial charge in [0.05, 0.1) is 10.2 Å². The number of nitrogens with two attached hydrogens (primary N) is 1. The largest absolute Gasteiger partial charge is 0.375 e. The van der Waals surface area contributed by atoms with Gasteiger partial charge in [0.1, 0.15) is 0 Å². The smallest absolute Gasteiger partial charge is 0.251 e. The fraction of sp³-hybridized carbons (Fsp3) is 0.333. The first kappa shape index (κ1) is 14.0. The monoisotopic (exact) mass is 297 g/mol. The molecule has 1 atom stereocenters. The number of rotatable bonds is 5. The highest BCUT2D eigenvalue weighted by Crippen LogP contribution is 2.24. The number of carbonyl (C=O) groups excluding carboxylic acids is 1. The lowest BCUT2D eigenvalue weighted by molar-refractivity contribution is 0.0956. The molecule has 1 aromatic carbocycles. The van der Waals surface area contributed by atoms with E-state index in [9.17, 15) is 9.00 Å². The van der Waals surface area contributed by atoms with E-state index in [1.54, 1.807) is 18.2 Å². The number of thiazole rings is 1. The Kier molecular flexibility index (Phi) is 4.49. The molecule has 1 aromatic heterocycles. The number of hydrogen-bond donors (Lipinski definition) is 2. The summed E-state index contributed by atoms with van der Waals surface area (Å²) in [6, 6.07) is 5.27. The lowest BCUT2D eigenvalue weighted by Crippen LogP contribution is -2.27. The lowest BCUT2D eigenvalue weighted by Gasteiger charge is -2.04. The molecule has 0 fully saturated rings. The normalized spacial score (nSPS) is 12.5. The van der Waals surface area contributed by atoms with Gasteiger partial charge in [0, 0.05) is 34.4 Å². The molecule has 2 rings (SSSR count). The van der Waals surface area contributed by atoms with Gasteiger partial charge in [-0.15, -0.1) is 0 Å². The number of nitrogens with one attached hydrogen (secondary N) is 1. The summed E-state index contributed by atoms with van der Waals surface area (Å²) in [6.07, 6.45) is 0. The van der Waals surface area contributed by atoms with Crippen LogP contribution in [0, 0.1) is 0 Å². The zero-order valence-corrected chi connectivity index (χ0v) is 12.1. The minimum absolute atomic E-state index is 0.165.